The molecule has 0 bridgehead atoms. The third-order valence-electron chi connectivity index (χ3n) is 1.15. The van der Waals surface area contributed by atoms with E-state index in [-0.39, 0.29) is 0 Å². The molecule has 1 aromatic heterocycles. The van der Waals surface area contributed by atoms with Gasteiger partial charge in [-0.25, -0.2) is 8.78 Å². The molecule has 0 saturated carbocycles. The van der Waals surface area contributed by atoms with Gasteiger partial charge in [-0.05, 0) is 15.9 Å². The fraction of sp³-hybridized carbons (Fsp3) is 0.167. The molecular weight excluding hydrogens is 242 g/mol. The zero-order chi connectivity index (χ0) is 9.30. The van der Waals surface area contributed by atoms with Crippen molar-refractivity contribution in [3.8, 4) is 0 Å². The quantitative estimate of drug-likeness (QED) is 0.546. The minimum atomic E-state index is -2.92. The summed E-state index contributed by atoms with van der Waals surface area (Å²) in [7, 11) is 0. The Bertz CT molecular complexity index is 302. The van der Waals surface area contributed by atoms with E-state index in [1.54, 1.807) is 0 Å². The van der Waals surface area contributed by atoms with Crippen molar-refractivity contribution in [1.29, 1.82) is 0 Å². The summed E-state index contributed by atoms with van der Waals surface area (Å²) in [5.41, 5.74) is -0.736. The summed E-state index contributed by atoms with van der Waals surface area (Å²) in [5, 5.41) is 0. The summed E-state index contributed by atoms with van der Waals surface area (Å²) in [4.78, 5) is 2.70. The van der Waals surface area contributed by atoms with E-state index in [9.17, 15) is 17.6 Å². The first kappa shape index (κ1) is 9.44. The summed E-state index contributed by atoms with van der Waals surface area (Å²) < 4.78 is 48.2. The smallest absolute Gasteiger partial charge is 0.205 e. The first-order valence-corrected chi connectivity index (χ1v) is 3.61. The fourth-order valence-electron chi connectivity index (χ4n) is 0.645. The molecule has 1 heterocycles. The first-order valence-electron chi connectivity index (χ1n) is 2.82. The molecule has 0 N–H and O–H groups in total. The topological polar surface area (TPSA) is 12.9 Å². The van der Waals surface area contributed by atoms with Crippen molar-refractivity contribution < 1.29 is 17.6 Å². The highest BCUT2D eigenvalue weighted by Gasteiger charge is 2.17. The predicted molar refractivity (Wildman–Crippen MR) is 36.8 cm³/mol. The SMILES string of the molecule is Fc1cc(C(F)F)c(Br)c(F)n1. The molecule has 66 valence electrons. The maximum Gasteiger partial charge on any atom is 0.265 e. The Labute approximate surface area is 73.5 Å². The maximum atomic E-state index is 12.5. The van der Waals surface area contributed by atoms with Crippen LogP contribution in [0.2, 0.25) is 0 Å². The van der Waals surface area contributed by atoms with Gasteiger partial charge in [0, 0.05) is 11.6 Å². The van der Waals surface area contributed by atoms with Crippen molar-refractivity contribution in [2.45, 2.75) is 6.43 Å². The summed E-state index contributed by atoms with van der Waals surface area (Å²) in [6, 6.07) is 0.484. The lowest BCUT2D eigenvalue weighted by Crippen LogP contribution is -1.96. The molecule has 0 saturated heterocycles. The molecule has 1 rings (SSSR count). The van der Waals surface area contributed by atoms with Gasteiger partial charge in [0.1, 0.15) is 0 Å². The number of hydrogen-bond acceptors (Lipinski definition) is 1. The van der Waals surface area contributed by atoms with E-state index in [0.29, 0.717) is 6.07 Å². The second-order valence-electron chi connectivity index (χ2n) is 1.94. The lowest BCUT2D eigenvalue weighted by molar-refractivity contribution is 0.149. The Morgan fingerprint density at radius 2 is 1.92 bits per heavy atom. The number of rotatable bonds is 1. The van der Waals surface area contributed by atoms with Crippen LogP contribution in [0.25, 0.3) is 0 Å². The second kappa shape index (κ2) is 3.38. The summed E-state index contributed by atoms with van der Waals surface area (Å²) in [6.07, 6.45) is -2.92. The van der Waals surface area contributed by atoms with E-state index >= 15 is 0 Å². The van der Waals surface area contributed by atoms with Crippen LogP contribution in [-0.4, -0.2) is 4.98 Å². The molecule has 0 aromatic carbocycles. The number of aromatic nitrogens is 1. The summed E-state index contributed by atoms with van der Waals surface area (Å²) in [5.74, 6) is -2.53. The number of hydrogen-bond donors (Lipinski definition) is 0. The fourth-order valence-corrected chi connectivity index (χ4v) is 1.02. The summed E-state index contributed by atoms with van der Waals surface area (Å²) in [6.45, 7) is 0. The number of alkyl halides is 2. The first-order chi connectivity index (χ1) is 5.52. The van der Waals surface area contributed by atoms with Crippen LogP contribution in [0.1, 0.15) is 12.0 Å². The second-order valence-corrected chi connectivity index (χ2v) is 2.73. The van der Waals surface area contributed by atoms with Crippen molar-refractivity contribution in [2.75, 3.05) is 0 Å². The monoisotopic (exact) mass is 243 g/mol. The highest BCUT2D eigenvalue weighted by molar-refractivity contribution is 9.10. The van der Waals surface area contributed by atoms with Crippen LogP contribution in [0.15, 0.2) is 10.5 Å². The third kappa shape index (κ3) is 1.74. The van der Waals surface area contributed by atoms with E-state index in [4.69, 9.17) is 0 Å². The average Bonchev–Trinajstić information content (AvgIpc) is 1.96. The normalized spacial score (nSPS) is 10.8. The number of nitrogens with zero attached hydrogens (tertiary/aromatic N) is 1. The zero-order valence-electron chi connectivity index (χ0n) is 5.49. The molecule has 0 fully saturated rings. The van der Waals surface area contributed by atoms with Gasteiger partial charge in [-0.2, -0.15) is 13.8 Å². The molecular formula is C6H2BrF4N. The number of halogens is 5. The van der Waals surface area contributed by atoms with E-state index < -0.39 is 28.4 Å². The molecule has 6 heteroatoms. The van der Waals surface area contributed by atoms with Crippen molar-refractivity contribution in [3.05, 3.63) is 28.0 Å². The molecule has 0 amide bonds. The molecule has 0 unspecified atom stereocenters. The third-order valence-corrected chi connectivity index (χ3v) is 1.93. The van der Waals surface area contributed by atoms with Crippen molar-refractivity contribution in [3.63, 3.8) is 0 Å². The van der Waals surface area contributed by atoms with Crippen molar-refractivity contribution in [1.82, 2.24) is 4.98 Å². The molecule has 0 aliphatic heterocycles. The Morgan fingerprint density at radius 1 is 1.33 bits per heavy atom. The van der Waals surface area contributed by atoms with Gasteiger partial charge >= 0.3 is 0 Å². The van der Waals surface area contributed by atoms with Crippen LogP contribution in [0.5, 0.6) is 0 Å². The molecule has 1 nitrogen and oxygen atoms in total. The molecule has 1 aromatic rings. The minimum absolute atomic E-state index is 0.484. The Morgan fingerprint density at radius 3 is 2.42 bits per heavy atom. The van der Waals surface area contributed by atoms with E-state index in [1.807, 2.05) is 0 Å². The van der Waals surface area contributed by atoms with Gasteiger partial charge in [0.15, 0.2) is 0 Å². The average molecular weight is 244 g/mol. The molecule has 0 spiro atoms. The molecule has 0 aliphatic rings. The lowest BCUT2D eigenvalue weighted by atomic mass is 10.3. The van der Waals surface area contributed by atoms with E-state index in [2.05, 4.69) is 20.9 Å². The van der Waals surface area contributed by atoms with Gasteiger partial charge in [0.2, 0.25) is 11.9 Å². The van der Waals surface area contributed by atoms with Crippen LogP contribution >= 0.6 is 15.9 Å². The highest BCUT2D eigenvalue weighted by atomic mass is 79.9. The van der Waals surface area contributed by atoms with Gasteiger partial charge in [-0.3, -0.25) is 0 Å². The molecule has 0 radical (unpaired) electrons. The minimum Gasteiger partial charge on any atom is -0.205 e. The van der Waals surface area contributed by atoms with Gasteiger partial charge in [-0.1, -0.05) is 0 Å². The largest absolute Gasteiger partial charge is 0.265 e. The Balaban J connectivity index is 3.28. The zero-order valence-corrected chi connectivity index (χ0v) is 7.08. The van der Waals surface area contributed by atoms with Crippen LogP contribution in [0.4, 0.5) is 17.6 Å². The van der Waals surface area contributed by atoms with Crippen LogP contribution in [0.3, 0.4) is 0 Å². The van der Waals surface area contributed by atoms with Crippen LogP contribution in [0, 0.1) is 11.9 Å². The van der Waals surface area contributed by atoms with Gasteiger partial charge in [0.25, 0.3) is 6.43 Å². The Hall–Kier alpha value is -0.650. The van der Waals surface area contributed by atoms with Gasteiger partial charge < -0.3 is 0 Å². The van der Waals surface area contributed by atoms with Crippen LogP contribution < -0.4 is 0 Å². The highest BCUT2D eigenvalue weighted by Crippen LogP contribution is 2.28. The molecule has 12 heavy (non-hydrogen) atoms. The molecule has 0 atom stereocenters. The molecule has 0 aliphatic carbocycles. The predicted octanol–water partition coefficient (Wildman–Crippen LogP) is 3.06. The lowest BCUT2D eigenvalue weighted by Gasteiger charge is -2.02. The van der Waals surface area contributed by atoms with Crippen LogP contribution in [-0.2, 0) is 0 Å². The van der Waals surface area contributed by atoms with Crippen molar-refractivity contribution >= 4 is 15.9 Å². The van der Waals surface area contributed by atoms with Gasteiger partial charge in [-0.15, -0.1) is 0 Å². The Kier molecular flexibility index (Phi) is 2.66. The maximum absolute atomic E-state index is 12.5. The standard InChI is InChI=1S/C6H2BrF4N/c7-4-2(5(9)10)1-3(8)12-6(4)11/h1,5H. The van der Waals surface area contributed by atoms with E-state index in [0.717, 1.165) is 0 Å². The van der Waals surface area contributed by atoms with Crippen molar-refractivity contribution in [2.24, 2.45) is 0 Å². The van der Waals surface area contributed by atoms with Gasteiger partial charge in [0.05, 0.1) is 4.47 Å². The summed E-state index contributed by atoms with van der Waals surface area (Å²) >= 11 is 2.53. The van der Waals surface area contributed by atoms with E-state index in [1.165, 1.54) is 0 Å². The number of pyridine rings is 1.